The van der Waals surface area contributed by atoms with Gasteiger partial charge in [-0.3, -0.25) is 10.00 Å². The number of carboxylic acids is 1. The maximum atomic E-state index is 12.7. The van der Waals surface area contributed by atoms with Crippen LogP contribution in [0.25, 0.3) is 0 Å². The Hall–Kier alpha value is -1.45. The average Bonchev–Trinajstić information content (AvgIpc) is 3.21. The predicted octanol–water partition coefficient (Wildman–Crippen LogP) is -0.115. The molecule has 21 heavy (non-hydrogen) atoms. The smallest absolute Gasteiger partial charge is 0.357 e. The number of hydrogen-bond donors (Lipinski definition) is 2. The van der Waals surface area contributed by atoms with Gasteiger partial charge in [-0.15, -0.1) is 0 Å². The van der Waals surface area contributed by atoms with Crippen LogP contribution in [-0.2, 0) is 10.0 Å². The fraction of sp³-hybridized carbons (Fsp3) is 0.667. The van der Waals surface area contributed by atoms with Crippen LogP contribution in [-0.4, -0.2) is 71.1 Å². The highest BCUT2D eigenvalue weighted by Gasteiger charge is 2.38. The first-order valence-electron chi connectivity index (χ1n) is 6.93. The highest BCUT2D eigenvalue weighted by molar-refractivity contribution is 7.89. The van der Waals surface area contributed by atoms with Crippen LogP contribution in [0.5, 0.6) is 0 Å². The van der Waals surface area contributed by atoms with E-state index in [-0.39, 0.29) is 10.6 Å². The van der Waals surface area contributed by atoms with Crippen molar-refractivity contribution in [2.75, 3.05) is 26.2 Å². The number of aromatic amines is 1. The molecule has 2 aliphatic rings. The Morgan fingerprint density at radius 3 is 2.43 bits per heavy atom. The van der Waals surface area contributed by atoms with Gasteiger partial charge in [-0.2, -0.15) is 9.40 Å². The van der Waals surface area contributed by atoms with E-state index >= 15 is 0 Å². The number of aryl methyl sites for hydroxylation is 1. The zero-order chi connectivity index (χ0) is 15.2. The second-order valence-corrected chi connectivity index (χ2v) is 7.38. The number of rotatable bonds is 4. The van der Waals surface area contributed by atoms with Crippen molar-refractivity contribution >= 4 is 16.0 Å². The molecule has 1 aromatic heterocycles. The molecule has 9 heteroatoms. The summed E-state index contributed by atoms with van der Waals surface area (Å²) in [5.74, 6) is -1.34. The predicted molar refractivity (Wildman–Crippen MR) is 73.6 cm³/mol. The molecule has 0 amide bonds. The molecular formula is C12H18N4O4S. The number of carboxylic acid groups (broad SMARTS) is 1. The van der Waals surface area contributed by atoms with Crippen LogP contribution in [0, 0.1) is 6.92 Å². The quantitative estimate of drug-likeness (QED) is 0.803. The SMILES string of the molecule is Cc1[nH]nc(C(=O)O)c1S(=O)(=O)N1CCN(C2CC2)CC1. The number of nitrogens with one attached hydrogen (secondary N) is 1. The first-order chi connectivity index (χ1) is 9.91. The standard InChI is InChI=1S/C12H18N4O4S/c1-8-11(10(12(17)18)14-13-8)21(19,20)16-6-4-15(5-7-16)9-2-3-9/h9H,2-7H2,1H3,(H,13,14)(H,17,18). The maximum absolute atomic E-state index is 12.7. The molecule has 0 atom stereocenters. The van der Waals surface area contributed by atoms with Gasteiger partial charge in [0.15, 0.2) is 5.69 Å². The molecule has 116 valence electrons. The van der Waals surface area contributed by atoms with Crippen LogP contribution in [0.4, 0.5) is 0 Å². The summed E-state index contributed by atoms with van der Waals surface area (Å²) in [5.41, 5.74) is -0.172. The second kappa shape index (κ2) is 5.08. The molecule has 1 saturated heterocycles. The van der Waals surface area contributed by atoms with E-state index in [0.29, 0.717) is 32.2 Å². The van der Waals surface area contributed by atoms with Gasteiger partial charge in [0.2, 0.25) is 10.0 Å². The molecule has 3 rings (SSSR count). The van der Waals surface area contributed by atoms with Crippen molar-refractivity contribution in [3.05, 3.63) is 11.4 Å². The molecule has 0 radical (unpaired) electrons. The molecule has 0 bridgehead atoms. The van der Waals surface area contributed by atoms with Crippen LogP contribution in [0.2, 0.25) is 0 Å². The van der Waals surface area contributed by atoms with Gasteiger partial charge in [0.1, 0.15) is 4.90 Å². The third kappa shape index (κ3) is 2.56. The summed E-state index contributed by atoms with van der Waals surface area (Å²) in [6, 6.07) is 0.611. The molecule has 2 N–H and O–H groups in total. The van der Waals surface area contributed by atoms with Gasteiger partial charge < -0.3 is 5.11 Å². The number of piperazine rings is 1. The molecule has 2 fully saturated rings. The fourth-order valence-corrected chi connectivity index (χ4v) is 4.47. The monoisotopic (exact) mass is 314 g/mol. The first kappa shape index (κ1) is 14.5. The lowest BCUT2D eigenvalue weighted by Crippen LogP contribution is -2.49. The molecular weight excluding hydrogens is 296 g/mol. The van der Waals surface area contributed by atoms with Crippen molar-refractivity contribution in [3.8, 4) is 0 Å². The second-order valence-electron chi connectivity index (χ2n) is 5.50. The lowest BCUT2D eigenvalue weighted by atomic mass is 10.3. The Morgan fingerprint density at radius 2 is 1.90 bits per heavy atom. The summed E-state index contributed by atoms with van der Waals surface area (Å²) in [5, 5.41) is 15.1. The molecule has 8 nitrogen and oxygen atoms in total. The van der Waals surface area contributed by atoms with Gasteiger partial charge in [-0.25, -0.2) is 13.2 Å². The van der Waals surface area contributed by atoms with Crippen molar-refractivity contribution in [2.24, 2.45) is 0 Å². The number of H-pyrrole nitrogens is 1. The number of carbonyl (C=O) groups is 1. The van der Waals surface area contributed by atoms with Gasteiger partial charge in [0.05, 0.1) is 5.69 Å². The van der Waals surface area contributed by atoms with Crippen molar-refractivity contribution in [3.63, 3.8) is 0 Å². The van der Waals surface area contributed by atoms with E-state index < -0.39 is 21.7 Å². The molecule has 1 aromatic rings. The number of hydrogen-bond acceptors (Lipinski definition) is 5. The van der Waals surface area contributed by atoms with Gasteiger partial charge >= 0.3 is 5.97 Å². The van der Waals surface area contributed by atoms with Crippen molar-refractivity contribution < 1.29 is 18.3 Å². The molecule has 1 saturated carbocycles. The van der Waals surface area contributed by atoms with Gasteiger partial charge in [-0.05, 0) is 19.8 Å². The van der Waals surface area contributed by atoms with Crippen molar-refractivity contribution in [2.45, 2.75) is 30.7 Å². The van der Waals surface area contributed by atoms with E-state index in [1.54, 1.807) is 0 Å². The maximum Gasteiger partial charge on any atom is 0.357 e. The zero-order valence-electron chi connectivity index (χ0n) is 11.7. The summed E-state index contributed by atoms with van der Waals surface area (Å²) >= 11 is 0. The molecule has 0 unspecified atom stereocenters. The minimum absolute atomic E-state index is 0.213. The fourth-order valence-electron chi connectivity index (χ4n) is 2.76. The number of nitrogens with zero attached hydrogens (tertiary/aromatic N) is 3. The van der Waals surface area contributed by atoms with Gasteiger partial charge in [0.25, 0.3) is 0 Å². The van der Waals surface area contributed by atoms with Crippen molar-refractivity contribution in [1.29, 1.82) is 0 Å². The van der Waals surface area contributed by atoms with Gasteiger partial charge in [-0.1, -0.05) is 0 Å². The Bertz CT molecular complexity index is 657. The number of aromatic carboxylic acids is 1. The average molecular weight is 314 g/mol. The summed E-state index contributed by atoms with van der Waals surface area (Å²) in [6.07, 6.45) is 2.38. The summed E-state index contributed by atoms with van der Waals surface area (Å²) in [7, 11) is -3.82. The molecule has 0 spiro atoms. The topological polar surface area (TPSA) is 107 Å². The normalized spacial score (nSPS) is 21.6. The molecule has 1 aliphatic carbocycles. The van der Waals surface area contributed by atoms with Crippen LogP contribution in [0.3, 0.4) is 0 Å². The minimum Gasteiger partial charge on any atom is -0.476 e. The Kier molecular flexibility index (Phi) is 3.50. The Labute approximate surface area is 122 Å². The third-order valence-electron chi connectivity index (χ3n) is 4.03. The van der Waals surface area contributed by atoms with E-state index in [1.165, 1.54) is 24.1 Å². The van der Waals surface area contributed by atoms with Crippen LogP contribution in [0.15, 0.2) is 4.90 Å². The van der Waals surface area contributed by atoms with E-state index in [1.807, 2.05) is 0 Å². The van der Waals surface area contributed by atoms with E-state index in [9.17, 15) is 13.2 Å². The molecule has 2 heterocycles. The van der Waals surface area contributed by atoms with E-state index in [2.05, 4.69) is 15.1 Å². The summed E-state index contributed by atoms with van der Waals surface area (Å²) in [6.45, 7) is 3.70. The summed E-state index contributed by atoms with van der Waals surface area (Å²) in [4.78, 5) is 13.2. The highest BCUT2D eigenvalue weighted by atomic mass is 32.2. The Morgan fingerprint density at radius 1 is 1.29 bits per heavy atom. The highest BCUT2D eigenvalue weighted by Crippen LogP contribution is 2.29. The lowest BCUT2D eigenvalue weighted by Gasteiger charge is -2.33. The van der Waals surface area contributed by atoms with E-state index in [0.717, 1.165) is 0 Å². The lowest BCUT2D eigenvalue weighted by molar-refractivity contribution is 0.0686. The van der Waals surface area contributed by atoms with Crippen LogP contribution >= 0.6 is 0 Å². The number of sulfonamides is 1. The Balaban J connectivity index is 1.84. The minimum atomic E-state index is -3.82. The largest absolute Gasteiger partial charge is 0.476 e. The summed E-state index contributed by atoms with van der Waals surface area (Å²) < 4.78 is 26.7. The molecule has 1 aliphatic heterocycles. The van der Waals surface area contributed by atoms with Crippen molar-refractivity contribution in [1.82, 2.24) is 19.4 Å². The van der Waals surface area contributed by atoms with E-state index in [4.69, 9.17) is 5.11 Å². The number of aromatic nitrogens is 2. The van der Waals surface area contributed by atoms with Crippen LogP contribution < -0.4 is 0 Å². The first-order valence-corrected chi connectivity index (χ1v) is 8.37. The third-order valence-corrected chi connectivity index (χ3v) is 6.09. The zero-order valence-corrected chi connectivity index (χ0v) is 12.6. The van der Waals surface area contributed by atoms with Gasteiger partial charge in [0, 0.05) is 32.2 Å². The van der Waals surface area contributed by atoms with Crippen LogP contribution in [0.1, 0.15) is 29.0 Å². The molecule has 0 aromatic carbocycles.